The van der Waals surface area contributed by atoms with Crippen LogP contribution in [0.15, 0.2) is 29.6 Å². The average molecular weight is 231 g/mol. The lowest BCUT2D eigenvalue weighted by Gasteiger charge is -2.34. The van der Waals surface area contributed by atoms with E-state index in [2.05, 4.69) is 42.0 Å². The van der Waals surface area contributed by atoms with Crippen molar-refractivity contribution in [2.45, 2.75) is 25.3 Å². The second-order valence-electron chi connectivity index (χ2n) is 4.64. The van der Waals surface area contributed by atoms with E-state index < -0.39 is 0 Å². The molecule has 16 heavy (non-hydrogen) atoms. The monoisotopic (exact) mass is 231 g/mol. The van der Waals surface area contributed by atoms with E-state index in [1.807, 2.05) is 11.3 Å². The summed E-state index contributed by atoms with van der Waals surface area (Å²) in [6, 6.07) is 9.46. The Bertz CT molecular complexity index is 484. The van der Waals surface area contributed by atoms with Gasteiger partial charge in [0.25, 0.3) is 0 Å². The molecule has 0 radical (unpaired) electrons. The molecule has 1 aliphatic carbocycles. The molecule has 1 atom stereocenters. The maximum absolute atomic E-state index is 3.51. The molecule has 1 fully saturated rings. The zero-order valence-electron chi connectivity index (χ0n) is 9.57. The Labute approximate surface area is 100 Å². The average Bonchev–Trinajstić information content (AvgIpc) is 2.70. The zero-order chi connectivity index (χ0) is 11.0. The third-order valence-corrected chi connectivity index (χ3v) is 4.76. The molecule has 1 unspecified atom stereocenters. The molecule has 2 aromatic rings. The standard InChI is InChI=1S/C14H17NS/c1-15-13(10-4-2-5-10)12-7-3-6-11-8-9-16-14(11)12/h3,6-10,13,15H,2,4-5H2,1H3. The molecular weight excluding hydrogens is 214 g/mol. The van der Waals surface area contributed by atoms with E-state index in [4.69, 9.17) is 0 Å². The molecule has 1 N–H and O–H groups in total. The Morgan fingerprint density at radius 1 is 1.31 bits per heavy atom. The molecule has 0 amide bonds. The van der Waals surface area contributed by atoms with E-state index >= 15 is 0 Å². The van der Waals surface area contributed by atoms with E-state index in [9.17, 15) is 0 Å². The van der Waals surface area contributed by atoms with Crippen LogP contribution in [0.4, 0.5) is 0 Å². The molecule has 2 heteroatoms. The van der Waals surface area contributed by atoms with Gasteiger partial charge in [0.2, 0.25) is 0 Å². The first kappa shape index (κ1) is 10.3. The maximum atomic E-state index is 3.51. The van der Waals surface area contributed by atoms with Crippen molar-refractivity contribution in [3.63, 3.8) is 0 Å². The summed E-state index contributed by atoms with van der Waals surface area (Å²) in [6.07, 6.45) is 4.17. The lowest BCUT2D eigenvalue weighted by atomic mass is 9.77. The largest absolute Gasteiger partial charge is 0.313 e. The predicted octanol–water partition coefficient (Wildman–Crippen LogP) is 3.96. The minimum atomic E-state index is 0.552. The van der Waals surface area contributed by atoms with Crippen molar-refractivity contribution in [2.24, 2.45) is 5.92 Å². The number of thiophene rings is 1. The van der Waals surface area contributed by atoms with Crippen molar-refractivity contribution in [2.75, 3.05) is 7.05 Å². The van der Waals surface area contributed by atoms with Gasteiger partial charge in [-0.2, -0.15) is 0 Å². The van der Waals surface area contributed by atoms with Gasteiger partial charge < -0.3 is 5.32 Å². The molecule has 1 saturated carbocycles. The van der Waals surface area contributed by atoms with Crippen molar-refractivity contribution in [3.05, 3.63) is 35.2 Å². The van der Waals surface area contributed by atoms with Gasteiger partial charge in [-0.05, 0) is 48.2 Å². The summed E-state index contributed by atoms with van der Waals surface area (Å²) < 4.78 is 1.47. The molecule has 1 nitrogen and oxygen atoms in total. The Morgan fingerprint density at radius 2 is 2.19 bits per heavy atom. The summed E-state index contributed by atoms with van der Waals surface area (Å²) in [6.45, 7) is 0. The van der Waals surface area contributed by atoms with Gasteiger partial charge in [0.15, 0.2) is 0 Å². The van der Waals surface area contributed by atoms with Gasteiger partial charge >= 0.3 is 0 Å². The van der Waals surface area contributed by atoms with Gasteiger partial charge in [-0.15, -0.1) is 11.3 Å². The molecular formula is C14H17NS. The van der Waals surface area contributed by atoms with Gasteiger partial charge in [0.05, 0.1) is 0 Å². The Hall–Kier alpha value is -0.860. The maximum Gasteiger partial charge on any atom is 0.0390 e. The summed E-state index contributed by atoms with van der Waals surface area (Å²) in [5.41, 5.74) is 1.50. The van der Waals surface area contributed by atoms with Crippen molar-refractivity contribution < 1.29 is 0 Å². The second kappa shape index (κ2) is 4.19. The topological polar surface area (TPSA) is 12.0 Å². The summed E-state index contributed by atoms with van der Waals surface area (Å²) >= 11 is 1.87. The molecule has 0 spiro atoms. The number of hydrogen-bond donors (Lipinski definition) is 1. The molecule has 1 aromatic heterocycles. The number of hydrogen-bond acceptors (Lipinski definition) is 2. The van der Waals surface area contributed by atoms with Crippen molar-refractivity contribution >= 4 is 21.4 Å². The second-order valence-corrected chi connectivity index (χ2v) is 5.56. The molecule has 1 aliphatic rings. The van der Waals surface area contributed by atoms with Gasteiger partial charge in [-0.1, -0.05) is 24.6 Å². The number of nitrogens with one attached hydrogen (secondary N) is 1. The van der Waals surface area contributed by atoms with Gasteiger partial charge in [-0.25, -0.2) is 0 Å². The Morgan fingerprint density at radius 3 is 2.88 bits per heavy atom. The molecule has 0 saturated heterocycles. The first-order valence-electron chi connectivity index (χ1n) is 6.03. The number of benzene rings is 1. The molecule has 84 valence electrons. The van der Waals surface area contributed by atoms with E-state index in [0.717, 1.165) is 5.92 Å². The van der Waals surface area contributed by atoms with Gasteiger partial charge in [0, 0.05) is 10.7 Å². The SMILES string of the molecule is CNC(c1cccc2ccsc12)C1CCC1. The van der Waals surface area contributed by atoms with Crippen molar-refractivity contribution in [3.8, 4) is 0 Å². The number of fused-ring (bicyclic) bond motifs is 1. The van der Waals surface area contributed by atoms with Gasteiger partial charge in [-0.3, -0.25) is 0 Å². The first-order valence-corrected chi connectivity index (χ1v) is 6.91. The highest BCUT2D eigenvalue weighted by Crippen LogP contribution is 2.40. The predicted molar refractivity (Wildman–Crippen MR) is 71.0 cm³/mol. The minimum Gasteiger partial charge on any atom is -0.313 e. The molecule has 1 aromatic carbocycles. The highest BCUT2D eigenvalue weighted by atomic mass is 32.1. The fourth-order valence-corrected chi connectivity index (χ4v) is 3.63. The lowest BCUT2D eigenvalue weighted by Crippen LogP contribution is -2.29. The van der Waals surface area contributed by atoms with Gasteiger partial charge in [0.1, 0.15) is 0 Å². The lowest BCUT2D eigenvalue weighted by molar-refractivity contribution is 0.240. The van der Waals surface area contributed by atoms with Crippen LogP contribution in [0, 0.1) is 5.92 Å². The van der Waals surface area contributed by atoms with Crippen LogP contribution in [0.5, 0.6) is 0 Å². The van der Waals surface area contributed by atoms with Crippen LogP contribution >= 0.6 is 11.3 Å². The van der Waals surface area contributed by atoms with Crippen LogP contribution in [0.3, 0.4) is 0 Å². The molecule has 1 heterocycles. The summed E-state index contributed by atoms with van der Waals surface area (Å²) in [5, 5.41) is 7.10. The summed E-state index contributed by atoms with van der Waals surface area (Å²) in [7, 11) is 2.09. The van der Waals surface area contributed by atoms with E-state index in [-0.39, 0.29) is 0 Å². The molecule has 0 bridgehead atoms. The van der Waals surface area contributed by atoms with E-state index in [1.54, 1.807) is 0 Å². The van der Waals surface area contributed by atoms with Crippen LogP contribution in [-0.2, 0) is 0 Å². The van der Waals surface area contributed by atoms with Crippen LogP contribution in [0.2, 0.25) is 0 Å². The fourth-order valence-electron chi connectivity index (χ4n) is 2.68. The third-order valence-electron chi connectivity index (χ3n) is 3.78. The Kier molecular flexibility index (Phi) is 2.70. The highest BCUT2D eigenvalue weighted by molar-refractivity contribution is 7.17. The Balaban J connectivity index is 2.05. The normalized spacial score (nSPS) is 18.6. The number of rotatable bonds is 3. The van der Waals surface area contributed by atoms with Crippen LogP contribution < -0.4 is 5.32 Å². The first-order chi connectivity index (χ1) is 7.90. The van der Waals surface area contributed by atoms with E-state index in [0.29, 0.717) is 6.04 Å². The summed E-state index contributed by atoms with van der Waals surface area (Å²) in [4.78, 5) is 0. The van der Waals surface area contributed by atoms with E-state index in [1.165, 1.54) is 34.9 Å². The fraction of sp³-hybridized carbons (Fsp3) is 0.429. The van der Waals surface area contributed by atoms with Crippen LogP contribution in [-0.4, -0.2) is 7.05 Å². The van der Waals surface area contributed by atoms with Crippen LogP contribution in [0.1, 0.15) is 30.9 Å². The smallest absolute Gasteiger partial charge is 0.0390 e. The summed E-state index contributed by atoms with van der Waals surface area (Å²) in [5.74, 6) is 0.845. The highest BCUT2D eigenvalue weighted by Gasteiger charge is 2.28. The molecule has 3 rings (SSSR count). The quantitative estimate of drug-likeness (QED) is 0.843. The zero-order valence-corrected chi connectivity index (χ0v) is 10.4. The minimum absolute atomic E-state index is 0.552. The molecule has 0 aliphatic heterocycles. The van der Waals surface area contributed by atoms with Crippen molar-refractivity contribution in [1.29, 1.82) is 0 Å². The van der Waals surface area contributed by atoms with Crippen molar-refractivity contribution in [1.82, 2.24) is 5.32 Å². The third kappa shape index (κ3) is 1.57. The van der Waals surface area contributed by atoms with Crippen LogP contribution in [0.25, 0.3) is 10.1 Å².